The number of quaternary nitrogens is 1. The third-order valence-electron chi connectivity index (χ3n) is 5.85. The first-order valence-electron chi connectivity index (χ1n) is 10.3. The summed E-state index contributed by atoms with van der Waals surface area (Å²) in [7, 11) is 0.620. The quantitative estimate of drug-likeness (QED) is 0.400. The lowest BCUT2D eigenvalue weighted by Crippen LogP contribution is -2.44. The van der Waals surface area contributed by atoms with Gasteiger partial charge in [0.15, 0.2) is 11.5 Å². The van der Waals surface area contributed by atoms with Gasteiger partial charge >= 0.3 is 10.0 Å². The van der Waals surface area contributed by atoms with E-state index in [9.17, 15) is 26.4 Å². The third-order valence-corrected chi connectivity index (χ3v) is 8.15. The lowest BCUT2D eigenvalue weighted by molar-refractivity contribution is -0.738. The number of hydrogen-bond acceptors (Lipinski definition) is 5. The number of nitrogens with zero attached hydrogens (tertiary/aromatic N) is 4. The van der Waals surface area contributed by atoms with Crippen molar-refractivity contribution >= 4 is 27.0 Å². The van der Waals surface area contributed by atoms with Crippen molar-refractivity contribution in [3.05, 3.63) is 65.5 Å². The molecule has 0 radical (unpaired) electrons. The lowest BCUT2D eigenvalue weighted by atomic mass is 10.0. The van der Waals surface area contributed by atoms with Crippen molar-refractivity contribution in [2.75, 3.05) is 38.3 Å². The normalized spacial score (nSPS) is 19.4. The van der Waals surface area contributed by atoms with Crippen molar-refractivity contribution in [3.63, 3.8) is 0 Å². The molecule has 1 fully saturated rings. The van der Waals surface area contributed by atoms with Crippen LogP contribution in [-0.2, 0) is 10.0 Å². The van der Waals surface area contributed by atoms with Crippen molar-refractivity contribution in [2.24, 2.45) is 0 Å². The van der Waals surface area contributed by atoms with Crippen LogP contribution in [-0.4, -0.2) is 67.3 Å². The SMILES string of the molecule is C[N+](C)(C)S(=O)(=O)CC(=O)c1cnn2ccc(N3C[C@@H](F)C[C@@H]3c3cc(F)ccc3F)cc12. The van der Waals surface area contributed by atoms with Gasteiger partial charge in [-0.25, -0.2) is 21.6 Å². The maximum atomic E-state index is 14.4. The number of benzene rings is 1. The molecule has 33 heavy (non-hydrogen) atoms. The van der Waals surface area contributed by atoms with E-state index >= 15 is 0 Å². The molecule has 1 aromatic carbocycles. The Morgan fingerprint density at radius 2 is 1.91 bits per heavy atom. The van der Waals surface area contributed by atoms with Crippen LogP contribution >= 0.6 is 0 Å². The van der Waals surface area contributed by atoms with Crippen LogP contribution < -0.4 is 4.90 Å². The molecule has 4 rings (SSSR count). The van der Waals surface area contributed by atoms with Crippen LogP contribution in [0.15, 0.2) is 42.7 Å². The number of pyridine rings is 1. The predicted molar refractivity (Wildman–Crippen MR) is 117 cm³/mol. The number of anilines is 1. The second-order valence-corrected chi connectivity index (χ2v) is 11.5. The Balaban J connectivity index is 1.72. The number of alkyl halides is 1. The summed E-state index contributed by atoms with van der Waals surface area (Å²) in [5.74, 6) is -2.57. The number of fused-ring (bicyclic) bond motifs is 1. The van der Waals surface area contributed by atoms with Gasteiger partial charge in [0.1, 0.15) is 17.8 Å². The summed E-state index contributed by atoms with van der Waals surface area (Å²) in [5.41, 5.74) is 0.988. The summed E-state index contributed by atoms with van der Waals surface area (Å²) in [6, 6.07) is 5.57. The van der Waals surface area contributed by atoms with Gasteiger partial charge in [-0.15, -0.1) is 0 Å². The zero-order chi connectivity index (χ0) is 24.1. The fourth-order valence-corrected chi connectivity index (χ4v) is 4.81. The zero-order valence-corrected chi connectivity index (χ0v) is 19.2. The van der Waals surface area contributed by atoms with E-state index in [0.29, 0.717) is 11.2 Å². The molecule has 7 nitrogen and oxygen atoms in total. The van der Waals surface area contributed by atoms with Crippen LogP contribution in [0.25, 0.3) is 5.52 Å². The average Bonchev–Trinajstić information content (AvgIpc) is 3.31. The highest BCUT2D eigenvalue weighted by Gasteiger charge is 2.36. The number of ketones is 1. The number of carbonyl (C=O) groups is 1. The Kier molecular flexibility index (Phi) is 5.73. The van der Waals surface area contributed by atoms with Crippen molar-refractivity contribution in [1.29, 1.82) is 0 Å². The summed E-state index contributed by atoms with van der Waals surface area (Å²) in [6.45, 7) is -0.0376. The standard InChI is InChI=1S/C22H24F3N4O3S/c1-29(2,3)33(31,32)13-22(30)18-11-26-28-7-6-16(10-21(18)28)27-12-15(24)9-20(27)17-8-14(23)4-5-19(17)25/h4-8,10-11,15,20H,9,12-13H2,1-3H3/q+1/t15-,20+/m0/s1. The minimum Gasteiger partial charge on any atom is -0.361 e. The molecule has 0 N–H and O–H groups in total. The summed E-state index contributed by atoms with van der Waals surface area (Å²) >= 11 is 0. The summed E-state index contributed by atoms with van der Waals surface area (Å²) in [4.78, 5) is 14.4. The number of carbonyl (C=O) groups excluding carboxylic acids is 1. The lowest BCUT2D eigenvalue weighted by Gasteiger charge is -2.27. The van der Waals surface area contributed by atoms with Gasteiger partial charge in [0.05, 0.1) is 44.5 Å². The number of rotatable bonds is 6. The molecule has 0 saturated carbocycles. The van der Waals surface area contributed by atoms with E-state index in [2.05, 4.69) is 5.10 Å². The molecule has 3 aromatic rings. The first kappa shape index (κ1) is 23.2. The number of hydrogen-bond donors (Lipinski definition) is 0. The predicted octanol–water partition coefficient (Wildman–Crippen LogP) is 3.12. The van der Waals surface area contributed by atoms with Crippen LogP contribution in [0, 0.1) is 11.6 Å². The smallest absolute Gasteiger partial charge is 0.304 e. The van der Waals surface area contributed by atoms with Crippen molar-refractivity contribution in [1.82, 2.24) is 9.61 Å². The minimum absolute atomic E-state index is 0.0155. The number of halogens is 3. The van der Waals surface area contributed by atoms with E-state index in [1.165, 1.54) is 31.9 Å². The highest BCUT2D eigenvalue weighted by molar-refractivity contribution is 7.86. The van der Waals surface area contributed by atoms with E-state index < -0.39 is 49.3 Å². The monoisotopic (exact) mass is 481 g/mol. The molecular formula is C22H24F3N4O3S+. The molecule has 0 unspecified atom stereocenters. The largest absolute Gasteiger partial charge is 0.361 e. The number of aromatic nitrogens is 2. The van der Waals surface area contributed by atoms with Gasteiger partial charge < -0.3 is 4.90 Å². The highest BCUT2D eigenvalue weighted by Crippen LogP contribution is 2.39. The molecule has 11 heteroatoms. The van der Waals surface area contributed by atoms with Crippen molar-refractivity contribution in [3.8, 4) is 0 Å². The Labute approximate surface area is 189 Å². The van der Waals surface area contributed by atoms with Crippen molar-refractivity contribution in [2.45, 2.75) is 18.6 Å². The van der Waals surface area contributed by atoms with Gasteiger partial charge in [-0.05, 0) is 30.3 Å². The molecule has 2 aromatic heterocycles. The van der Waals surface area contributed by atoms with Gasteiger partial charge in [0.25, 0.3) is 0 Å². The minimum atomic E-state index is -3.76. The van der Waals surface area contributed by atoms with Gasteiger partial charge in [0, 0.05) is 30.4 Å². The Hall–Kier alpha value is -2.92. The molecule has 0 aliphatic carbocycles. The van der Waals surface area contributed by atoms with Crippen LogP contribution in [0.2, 0.25) is 0 Å². The molecular weight excluding hydrogens is 457 g/mol. The summed E-state index contributed by atoms with van der Waals surface area (Å²) < 4.78 is 68.5. The van der Waals surface area contributed by atoms with Gasteiger partial charge in [0.2, 0.25) is 0 Å². The van der Waals surface area contributed by atoms with E-state index in [1.54, 1.807) is 23.2 Å². The number of sulfonamides is 1. The molecule has 0 amide bonds. The molecule has 3 heterocycles. The highest BCUT2D eigenvalue weighted by atomic mass is 32.2. The maximum Gasteiger partial charge on any atom is 0.304 e. The van der Waals surface area contributed by atoms with Gasteiger partial charge in [-0.3, -0.25) is 4.79 Å². The summed E-state index contributed by atoms with van der Waals surface area (Å²) in [6.07, 6.45) is 1.58. The second-order valence-electron chi connectivity index (χ2n) is 8.98. The molecule has 176 valence electrons. The van der Waals surface area contributed by atoms with E-state index in [1.807, 2.05) is 0 Å². The molecule has 0 spiro atoms. The van der Waals surface area contributed by atoms with Crippen molar-refractivity contribution < 1.29 is 30.3 Å². The van der Waals surface area contributed by atoms with E-state index in [0.717, 1.165) is 18.2 Å². The fraction of sp³-hybridized carbons (Fsp3) is 0.364. The van der Waals surface area contributed by atoms with Crippen LogP contribution in [0.1, 0.15) is 28.4 Å². The Bertz CT molecular complexity index is 1330. The molecule has 0 bridgehead atoms. The summed E-state index contributed by atoms with van der Waals surface area (Å²) in [5, 5.41) is 4.11. The van der Waals surface area contributed by atoms with Crippen LogP contribution in [0.5, 0.6) is 0 Å². The molecule has 1 saturated heterocycles. The van der Waals surface area contributed by atoms with E-state index in [4.69, 9.17) is 0 Å². The first-order valence-corrected chi connectivity index (χ1v) is 11.9. The van der Waals surface area contributed by atoms with Gasteiger partial charge in [-0.1, -0.05) is 0 Å². The molecule has 1 aliphatic rings. The van der Waals surface area contributed by atoms with Gasteiger partial charge in [-0.2, -0.15) is 13.5 Å². The Morgan fingerprint density at radius 1 is 1.18 bits per heavy atom. The average molecular weight is 482 g/mol. The second kappa shape index (κ2) is 8.14. The molecule has 2 atom stereocenters. The first-order chi connectivity index (χ1) is 15.4. The van der Waals surface area contributed by atoms with Crippen LogP contribution in [0.3, 0.4) is 0 Å². The fourth-order valence-electron chi connectivity index (χ4n) is 3.93. The third kappa shape index (κ3) is 4.34. The van der Waals surface area contributed by atoms with E-state index in [-0.39, 0.29) is 24.1 Å². The zero-order valence-electron chi connectivity index (χ0n) is 18.4. The van der Waals surface area contributed by atoms with Crippen LogP contribution in [0.4, 0.5) is 18.9 Å². The topological polar surface area (TPSA) is 71.7 Å². The Morgan fingerprint density at radius 3 is 2.61 bits per heavy atom. The number of Topliss-reactive ketones (excluding diaryl/α,β-unsaturated/α-hetero) is 1. The molecule has 1 aliphatic heterocycles. The maximum absolute atomic E-state index is 14.4.